The number of aryl methyl sites for hydroxylation is 2. The maximum Gasteiger partial charge on any atom is 0.131 e. The van der Waals surface area contributed by atoms with Gasteiger partial charge in [-0.25, -0.2) is 9.37 Å². The van der Waals surface area contributed by atoms with Crippen LogP contribution < -0.4 is 5.73 Å². The molecule has 0 aliphatic carbocycles. The first-order chi connectivity index (χ1) is 9.45. The Morgan fingerprint density at radius 2 is 2.05 bits per heavy atom. The van der Waals surface area contributed by atoms with Gasteiger partial charge < -0.3 is 10.3 Å². The van der Waals surface area contributed by atoms with E-state index in [1.54, 1.807) is 6.07 Å². The minimum atomic E-state index is -0.263. The fraction of sp³-hybridized carbons (Fsp3) is 0.438. The summed E-state index contributed by atoms with van der Waals surface area (Å²) >= 11 is 0. The Hall–Kier alpha value is -1.84. The smallest absolute Gasteiger partial charge is 0.131 e. The van der Waals surface area contributed by atoms with Crippen LogP contribution in [0.15, 0.2) is 18.2 Å². The predicted molar refractivity (Wildman–Crippen MR) is 81.2 cm³/mol. The number of hydrogen-bond donors (Lipinski definition) is 1. The van der Waals surface area contributed by atoms with Crippen molar-refractivity contribution in [2.24, 2.45) is 0 Å². The molecule has 4 heteroatoms. The highest BCUT2D eigenvalue weighted by atomic mass is 19.1. The van der Waals surface area contributed by atoms with Gasteiger partial charge in [0.2, 0.25) is 0 Å². The second kappa shape index (κ2) is 5.65. The zero-order valence-corrected chi connectivity index (χ0v) is 12.6. The summed E-state index contributed by atoms with van der Waals surface area (Å²) in [4.78, 5) is 4.66. The van der Waals surface area contributed by atoms with Crippen molar-refractivity contribution in [2.75, 3.05) is 5.73 Å². The number of nitrogen functional groups attached to an aromatic ring is 1. The molecule has 0 saturated heterocycles. The normalized spacial score (nSPS) is 11.3. The van der Waals surface area contributed by atoms with Gasteiger partial charge in [-0.3, -0.25) is 0 Å². The van der Waals surface area contributed by atoms with E-state index in [0.29, 0.717) is 11.5 Å². The van der Waals surface area contributed by atoms with Gasteiger partial charge in [0.25, 0.3) is 0 Å². The van der Waals surface area contributed by atoms with Gasteiger partial charge in [0.05, 0.1) is 0 Å². The standard InChI is InChI=1S/C16H22FN3/c1-5-6-14-19-15(16(18)20(14)10(2)3)13-9-12(17)8-7-11(13)4/h7-10H,5-6,18H2,1-4H3. The molecule has 0 aliphatic heterocycles. The van der Waals surface area contributed by atoms with Crippen molar-refractivity contribution in [3.63, 3.8) is 0 Å². The second-order valence-corrected chi connectivity index (χ2v) is 5.43. The fourth-order valence-corrected chi connectivity index (χ4v) is 2.52. The van der Waals surface area contributed by atoms with Gasteiger partial charge in [0, 0.05) is 18.0 Å². The minimum absolute atomic E-state index is 0.242. The van der Waals surface area contributed by atoms with E-state index in [1.165, 1.54) is 12.1 Å². The van der Waals surface area contributed by atoms with Gasteiger partial charge in [-0.2, -0.15) is 0 Å². The Morgan fingerprint density at radius 1 is 1.35 bits per heavy atom. The zero-order valence-electron chi connectivity index (χ0n) is 12.6. The molecular weight excluding hydrogens is 253 g/mol. The van der Waals surface area contributed by atoms with Crippen molar-refractivity contribution < 1.29 is 4.39 Å². The molecule has 0 atom stereocenters. The molecule has 0 spiro atoms. The van der Waals surface area contributed by atoms with Crippen LogP contribution in [-0.4, -0.2) is 9.55 Å². The highest BCUT2D eigenvalue weighted by molar-refractivity contribution is 5.73. The highest BCUT2D eigenvalue weighted by Crippen LogP contribution is 2.32. The third kappa shape index (κ3) is 2.55. The molecule has 3 nitrogen and oxygen atoms in total. The lowest BCUT2D eigenvalue weighted by Gasteiger charge is -2.13. The van der Waals surface area contributed by atoms with E-state index in [9.17, 15) is 4.39 Å². The molecule has 2 N–H and O–H groups in total. The maximum atomic E-state index is 13.5. The molecular formula is C16H22FN3. The molecule has 0 amide bonds. The maximum absolute atomic E-state index is 13.5. The largest absolute Gasteiger partial charge is 0.383 e. The molecule has 1 aromatic carbocycles. The summed E-state index contributed by atoms with van der Waals surface area (Å²) in [7, 11) is 0. The highest BCUT2D eigenvalue weighted by Gasteiger charge is 2.19. The lowest BCUT2D eigenvalue weighted by atomic mass is 10.1. The first kappa shape index (κ1) is 14.6. The lowest BCUT2D eigenvalue weighted by Crippen LogP contribution is -2.09. The van der Waals surface area contributed by atoms with Crippen molar-refractivity contribution >= 4 is 5.82 Å². The summed E-state index contributed by atoms with van der Waals surface area (Å²) < 4.78 is 15.5. The molecule has 108 valence electrons. The minimum Gasteiger partial charge on any atom is -0.383 e. The third-order valence-corrected chi connectivity index (χ3v) is 3.47. The van der Waals surface area contributed by atoms with Crippen LogP contribution in [0, 0.1) is 12.7 Å². The van der Waals surface area contributed by atoms with Gasteiger partial charge in [0.15, 0.2) is 0 Å². The lowest BCUT2D eigenvalue weighted by molar-refractivity contribution is 0.571. The topological polar surface area (TPSA) is 43.8 Å². The average Bonchev–Trinajstić information content (AvgIpc) is 2.70. The molecule has 20 heavy (non-hydrogen) atoms. The summed E-state index contributed by atoms with van der Waals surface area (Å²) in [6.45, 7) is 8.23. The van der Waals surface area contributed by atoms with E-state index in [4.69, 9.17) is 5.73 Å². The zero-order chi connectivity index (χ0) is 14.9. The van der Waals surface area contributed by atoms with Crippen molar-refractivity contribution in [1.29, 1.82) is 0 Å². The van der Waals surface area contributed by atoms with E-state index in [1.807, 2.05) is 11.5 Å². The number of halogens is 1. The first-order valence-corrected chi connectivity index (χ1v) is 7.08. The summed E-state index contributed by atoms with van der Waals surface area (Å²) in [5.41, 5.74) is 8.72. The number of anilines is 1. The molecule has 1 aromatic heterocycles. The number of rotatable bonds is 4. The second-order valence-electron chi connectivity index (χ2n) is 5.43. The van der Waals surface area contributed by atoms with Gasteiger partial charge in [0.1, 0.15) is 23.2 Å². The van der Waals surface area contributed by atoms with Crippen LogP contribution in [0.3, 0.4) is 0 Å². The van der Waals surface area contributed by atoms with Crippen LogP contribution in [0.4, 0.5) is 10.2 Å². The van der Waals surface area contributed by atoms with E-state index in [-0.39, 0.29) is 11.9 Å². The van der Waals surface area contributed by atoms with Crippen molar-refractivity contribution in [3.05, 3.63) is 35.4 Å². The number of hydrogen-bond acceptors (Lipinski definition) is 2. The Kier molecular flexibility index (Phi) is 4.12. The molecule has 0 saturated carbocycles. The monoisotopic (exact) mass is 275 g/mol. The summed E-state index contributed by atoms with van der Waals surface area (Å²) in [6.07, 6.45) is 1.88. The molecule has 2 rings (SSSR count). The summed E-state index contributed by atoms with van der Waals surface area (Å²) in [5.74, 6) is 1.33. The Balaban J connectivity index is 2.63. The number of nitrogens with two attached hydrogens (primary N) is 1. The predicted octanol–water partition coefficient (Wildman–Crippen LogP) is 4.11. The van der Waals surface area contributed by atoms with Crippen molar-refractivity contribution in [1.82, 2.24) is 9.55 Å². The molecule has 0 aliphatic rings. The Morgan fingerprint density at radius 3 is 2.65 bits per heavy atom. The van der Waals surface area contributed by atoms with E-state index in [0.717, 1.165) is 29.8 Å². The molecule has 0 unspecified atom stereocenters. The SMILES string of the molecule is CCCc1nc(-c2cc(F)ccc2C)c(N)n1C(C)C. The average molecular weight is 275 g/mol. The first-order valence-electron chi connectivity index (χ1n) is 7.08. The van der Waals surface area contributed by atoms with Crippen LogP contribution in [0.25, 0.3) is 11.3 Å². The van der Waals surface area contributed by atoms with Gasteiger partial charge >= 0.3 is 0 Å². The number of benzene rings is 1. The Labute approximate surface area is 119 Å². The van der Waals surface area contributed by atoms with Crippen LogP contribution >= 0.6 is 0 Å². The third-order valence-electron chi connectivity index (χ3n) is 3.47. The van der Waals surface area contributed by atoms with Crippen molar-refractivity contribution in [3.8, 4) is 11.3 Å². The molecule has 2 aromatic rings. The summed E-state index contributed by atoms with van der Waals surface area (Å²) in [6, 6.07) is 4.97. The summed E-state index contributed by atoms with van der Waals surface area (Å²) in [5, 5.41) is 0. The Bertz CT molecular complexity index is 614. The number of nitrogens with zero attached hydrogens (tertiary/aromatic N) is 2. The van der Waals surface area contributed by atoms with Gasteiger partial charge in [-0.05, 0) is 44.9 Å². The number of aromatic nitrogens is 2. The van der Waals surface area contributed by atoms with Crippen LogP contribution in [0.5, 0.6) is 0 Å². The van der Waals surface area contributed by atoms with E-state index < -0.39 is 0 Å². The molecule has 0 radical (unpaired) electrons. The van der Waals surface area contributed by atoms with Crippen molar-refractivity contribution in [2.45, 2.75) is 46.6 Å². The molecule has 0 fully saturated rings. The van der Waals surface area contributed by atoms with Crippen LogP contribution in [-0.2, 0) is 6.42 Å². The quantitative estimate of drug-likeness (QED) is 0.912. The van der Waals surface area contributed by atoms with Crippen LogP contribution in [0.2, 0.25) is 0 Å². The fourth-order valence-electron chi connectivity index (χ4n) is 2.52. The number of imidazole rings is 1. The van der Waals surface area contributed by atoms with Crippen LogP contribution in [0.1, 0.15) is 44.6 Å². The molecule has 0 bridgehead atoms. The van der Waals surface area contributed by atoms with E-state index >= 15 is 0 Å². The van der Waals surface area contributed by atoms with E-state index in [2.05, 4.69) is 25.8 Å². The molecule has 1 heterocycles. The van der Waals surface area contributed by atoms with Gasteiger partial charge in [-0.1, -0.05) is 13.0 Å². The van der Waals surface area contributed by atoms with Gasteiger partial charge in [-0.15, -0.1) is 0 Å².